The summed E-state index contributed by atoms with van der Waals surface area (Å²) in [5.74, 6) is 0.660. The molecule has 2 aromatic rings. The SMILES string of the molecule is CCCCCCCCCCCCCCCCCCNc1ccc(O)cc1.CCCCCCCCCCCCNc1ccc(O)cc1. The van der Waals surface area contributed by atoms with Crippen LogP contribution in [-0.2, 0) is 0 Å². The summed E-state index contributed by atoms with van der Waals surface area (Å²) in [6.07, 6.45) is 36.3. The van der Waals surface area contributed by atoms with Crippen LogP contribution in [-0.4, -0.2) is 23.3 Å². The summed E-state index contributed by atoms with van der Waals surface area (Å²) in [7, 11) is 0. The Morgan fingerprint density at radius 3 is 0.783 bits per heavy atom. The van der Waals surface area contributed by atoms with Crippen LogP contribution >= 0.6 is 0 Å². The van der Waals surface area contributed by atoms with Gasteiger partial charge in [0.1, 0.15) is 11.5 Å². The van der Waals surface area contributed by atoms with E-state index in [0.717, 1.165) is 24.5 Å². The molecule has 0 heterocycles. The second kappa shape index (κ2) is 32.6. The molecular formula is C42H74N2O2. The number of hydrogen-bond acceptors (Lipinski definition) is 4. The molecular weight excluding hydrogens is 564 g/mol. The van der Waals surface area contributed by atoms with E-state index in [1.54, 1.807) is 24.3 Å². The van der Waals surface area contributed by atoms with Crippen molar-refractivity contribution in [2.24, 2.45) is 0 Å². The average Bonchev–Trinajstić information content (AvgIpc) is 3.07. The fraction of sp³-hybridized carbons (Fsp3) is 0.714. The van der Waals surface area contributed by atoms with Gasteiger partial charge in [0.2, 0.25) is 0 Å². The number of aromatic hydroxyl groups is 2. The first-order chi connectivity index (χ1) is 22.7. The van der Waals surface area contributed by atoms with Gasteiger partial charge >= 0.3 is 0 Å². The highest BCUT2D eigenvalue weighted by atomic mass is 16.3. The Kier molecular flexibility index (Phi) is 29.5. The molecule has 2 rings (SSSR count). The summed E-state index contributed by atoms with van der Waals surface area (Å²) in [6, 6.07) is 14.6. The molecule has 0 bridgehead atoms. The van der Waals surface area contributed by atoms with Crippen LogP contribution < -0.4 is 10.6 Å². The van der Waals surface area contributed by atoms with Gasteiger partial charge in [-0.15, -0.1) is 0 Å². The third-order valence-electron chi connectivity index (χ3n) is 8.95. The summed E-state index contributed by atoms with van der Waals surface area (Å²) in [5.41, 5.74) is 2.20. The van der Waals surface area contributed by atoms with Crippen LogP contribution in [0.1, 0.15) is 181 Å². The van der Waals surface area contributed by atoms with Crippen LogP contribution in [0.5, 0.6) is 11.5 Å². The van der Waals surface area contributed by atoms with Crippen molar-refractivity contribution in [2.75, 3.05) is 23.7 Å². The Morgan fingerprint density at radius 1 is 0.326 bits per heavy atom. The third kappa shape index (κ3) is 27.9. The van der Waals surface area contributed by atoms with Crippen molar-refractivity contribution in [2.45, 2.75) is 181 Å². The number of phenolic OH excluding ortho intramolecular Hbond substituents is 2. The Bertz CT molecular complexity index is 868. The molecule has 0 aromatic heterocycles. The average molecular weight is 639 g/mol. The van der Waals surface area contributed by atoms with E-state index >= 15 is 0 Å². The van der Waals surface area contributed by atoms with Crippen LogP contribution in [0, 0.1) is 0 Å². The smallest absolute Gasteiger partial charge is 0.115 e. The van der Waals surface area contributed by atoms with Crippen molar-refractivity contribution >= 4 is 11.4 Å². The van der Waals surface area contributed by atoms with Crippen LogP contribution in [0.3, 0.4) is 0 Å². The fourth-order valence-corrected chi connectivity index (χ4v) is 5.91. The number of hydrogen-bond donors (Lipinski definition) is 4. The zero-order chi connectivity index (χ0) is 33.2. The first-order valence-electron chi connectivity index (χ1n) is 19.7. The number of anilines is 2. The van der Waals surface area contributed by atoms with E-state index in [1.807, 2.05) is 24.3 Å². The second-order valence-corrected chi connectivity index (χ2v) is 13.4. The van der Waals surface area contributed by atoms with Gasteiger partial charge in [-0.2, -0.15) is 0 Å². The highest BCUT2D eigenvalue weighted by molar-refractivity contribution is 5.46. The van der Waals surface area contributed by atoms with Crippen molar-refractivity contribution < 1.29 is 10.2 Å². The highest BCUT2D eigenvalue weighted by Gasteiger charge is 1.97. The van der Waals surface area contributed by atoms with Gasteiger partial charge in [0.25, 0.3) is 0 Å². The molecule has 0 saturated carbocycles. The first-order valence-corrected chi connectivity index (χ1v) is 19.7. The monoisotopic (exact) mass is 639 g/mol. The largest absolute Gasteiger partial charge is 0.508 e. The zero-order valence-electron chi connectivity index (χ0n) is 30.3. The Labute approximate surface area is 285 Å². The molecule has 0 atom stereocenters. The minimum Gasteiger partial charge on any atom is -0.508 e. The number of phenols is 2. The molecule has 46 heavy (non-hydrogen) atoms. The molecule has 0 amide bonds. The maximum absolute atomic E-state index is 9.25. The summed E-state index contributed by atoms with van der Waals surface area (Å²) >= 11 is 0. The molecule has 4 nitrogen and oxygen atoms in total. The van der Waals surface area contributed by atoms with Gasteiger partial charge in [0, 0.05) is 24.5 Å². The van der Waals surface area contributed by atoms with E-state index in [-0.39, 0.29) is 0 Å². The van der Waals surface area contributed by atoms with Crippen LogP contribution in [0.2, 0.25) is 0 Å². The van der Waals surface area contributed by atoms with E-state index in [4.69, 9.17) is 0 Å². The Hall–Kier alpha value is -2.36. The van der Waals surface area contributed by atoms with Gasteiger partial charge < -0.3 is 20.8 Å². The molecule has 0 spiro atoms. The van der Waals surface area contributed by atoms with Crippen molar-refractivity contribution in [3.63, 3.8) is 0 Å². The van der Waals surface area contributed by atoms with Gasteiger partial charge in [-0.1, -0.05) is 168 Å². The number of benzene rings is 2. The van der Waals surface area contributed by atoms with E-state index in [2.05, 4.69) is 24.5 Å². The fourth-order valence-electron chi connectivity index (χ4n) is 5.91. The quantitative estimate of drug-likeness (QED) is 0.0508. The summed E-state index contributed by atoms with van der Waals surface area (Å²) < 4.78 is 0. The van der Waals surface area contributed by atoms with E-state index in [1.165, 1.54) is 167 Å². The van der Waals surface area contributed by atoms with Gasteiger partial charge in [-0.3, -0.25) is 0 Å². The molecule has 0 unspecified atom stereocenters. The van der Waals surface area contributed by atoms with E-state index < -0.39 is 0 Å². The molecule has 264 valence electrons. The minimum atomic E-state index is 0.328. The van der Waals surface area contributed by atoms with Crippen molar-refractivity contribution in [1.29, 1.82) is 0 Å². The summed E-state index contributed by atoms with van der Waals surface area (Å²) in [4.78, 5) is 0. The topological polar surface area (TPSA) is 64.5 Å². The molecule has 4 heteroatoms. The molecule has 4 N–H and O–H groups in total. The Morgan fingerprint density at radius 2 is 0.543 bits per heavy atom. The molecule has 2 aromatic carbocycles. The first kappa shape index (κ1) is 41.7. The molecule has 0 radical (unpaired) electrons. The lowest BCUT2D eigenvalue weighted by molar-refractivity contribution is 0.475. The molecule has 0 saturated heterocycles. The second-order valence-electron chi connectivity index (χ2n) is 13.4. The van der Waals surface area contributed by atoms with Crippen LogP contribution in [0.15, 0.2) is 48.5 Å². The zero-order valence-corrected chi connectivity index (χ0v) is 30.3. The predicted molar refractivity (Wildman–Crippen MR) is 205 cm³/mol. The Balaban J connectivity index is 0.000000476. The van der Waals surface area contributed by atoms with Gasteiger partial charge in [0.15, 0.2) is 0 Å². The lowest BCUT2D eigenvalue weighted by Gasteiger charge is -2.06. The standard InChI is InChI=1S/C24H43NO.C18H31NO/c1-2-3-4-5-6-7-8-9-10-11-12-13-14-15-16-17-22-25-23-18-20-24(26)21-19-23;1-2-3-4-5-6-7-8-9-10-11-16-19-17-12-14-18(20)15-13-17/h18-21,25-26H,2-17,22H2,1H3;12-15,19-20H,2-11,16H2,1H3. The molecule has 0 aliphatic heterocycles. The van der Waals surface area contributed by atoms with Crippen LogP contribution in [0.25, 0.3) is 0 Å². The number of rotatable bonds is 30. The van der Waals surface area contributed by atoms with Gasteiger partial charge in [-0.25, -0.2) is 0 Å². The van der Waals surface area contributed by atoms with Gasteiger partial charge in [-0.05, 0) is 61.4 Å². The van der Waals surface area contributed by atoms with Crippen molar-refractivity contribution in [3.8, 4) is 11.5 Å². The highest BCUT2D eigenvalue weighted by Crippen LogP contribution is 2.17. The molecule has 0 aliphatic carbocycles. The van der Waals surface area contributed by atoms with Crippen LogP contribution in [0.4, 0.5) is 11.4 Å². The maximum atomic E-state index is 9.25. The number of nitrogens with one attached hydrogen (secondary N) is 2. The summed E-state index contributed by atoms with van der Waals surface area (Å²) in [6.45, 7) is 6.62. The molecule has 0 aliphatic rings. The maximum Gasteiger partial charge on any atom is 0.115 e. The predicted octanol–water partition coefficient (Wildman–Crippen LogP) is 13.8. The van der Waals surface area contributed by atoms with Crippen molar-refractivity contribution in [1.82, 2.24) is 0 Å². The third-order valence-corrected chi connectivity index (χ3v) is 8.95. The van der Waals surface area contributed by atoms with E-state index in [0.29, 0.717) is 11.5 Å². The normalized spacial score (nSPS) is 10.8. The molecule has 0 fully saturated rings. The lowest BCUT2D eigenvalue weighted by atomic mass is 10.0. The minimum absolute atomic E-state index is 0.328. The van der Waals surface area contributed by atoms with Crippen molar-refractivity contribution in [3.05, 3.63) is 48.5 Å². The summed E-state index contributed by atoms with van der Waals surface area (Å²) in [5, 5.41) is 25.2. The van der Waals surface area contributed by atoms with Gasteiger partial charge in [0.05, 0.1) is 0 Å². The van der Waals surface area contributed by atoms with E-state index in [9.17, 15) is 10.2 Å². The number of unbranched alkanes of at least 4 members (excludes halogenated alkanes) is 24. The lowest BCUT2D eigenvalue weighted by Crippen LogP contribution is -2.00.